The van der Waals surface area contributed by atoms with Crippen molar-refractivity contribution in [3.8, 4) is 0 Å². The highest BCUT2D eigenvalue weighted by atomic mass is 32.2. The molecule has 0 spiro atoms. The Labute approximate surface area is 113 Å². The van der Waals surface area contributed by atoms with Crippen molar-refractivity contribution in [2.24, 2.45) is 0 Å². The average Bonchev–Trinajstić information content (AvgIpc) is 2.40. The number of nitrogens with one attached hydrogen (secondary N) is 1. The topological polar surface area (TPSA) is 66.5 Å². The van der Waals surface area contributed by atoms with Gasteiger partial charge < -0.3 is 5.32 Å². The van der Waals surface area contributed by atoms with Crippen LogP contribution in [0.3, 0.4) is 0 Å². The van der Waals surface area contributed by atoms with Crippen LogP contribution in [-0.2, 0) is 21.2 Å². The predicted molar refractivity (Wildman–Crippen MR) is 72.2 cm³/mol. The molecule has 104 valence electrons. The zero-order chi connectivity index (χ0) is 13.9. The van der Waals surface area contributed by atoms with Crippen molar-refractivity contribution in [1.29, 1.82) is 0 Å². The monoisotopic (exact) mass is 282 g/mol. The van der Waals surface area contributed by atoms with Crippen LogP contribution in [-0.4, -0.2) is 38.3 Å². The van der Waals surface area contributed by atoms with Gasteiger partial charge >= 0.3 is 0 Å². The number of amides is 1. The fourth-order valence-electron chi connectivity index (χ4n) is 2.09. The first-order chi connectivity index (χ1) is 9.04. The van der Waals surface area contributed by atoms with Crippen molar-refractivity contribution in [2.75, 3.05) is 19.6 Å². The Morgan fingerprint density at radius 1 is 1.26 bits per heavy atom. The molecule has 0 radical (unpaired) electrons. The van der Waals surface area contributed by atoms with Crippen LogP contribution in [0.15, 0.2) is 29.2 Å². The third kappa shape index (κ3) is 3.13. The molecular formula is C13H18N2O3S. The van der Waals surface area contributed by atoms with E-state index in [2.05, 4.69) is 12.2 Å². The highest BCUT2D eigenvalue weighted by Crippen LogP contribution is 2.17. The number of piperazine rings is 1. The third-order valence-corrected chi connectivity index (χ3v) is 4.96. The van der Waals surface area contributed by atoms with Crippen LogP contribution in [0, 0.1) is 0 Å². The summed E-state index contributed by atoms with van der Waals surface area (Å²) < 4.78 is 25.9. The van der Waals surface area contributed by atoms with E-state index in [4.69, 9.17) is 0 Å². The number of benzene rings is 1. The molecule has 0 atom stereocenters. The lowest BCUT2D eigenvalue weighted by atomic mass is 10.1. The van der Waals surface area contributed by atoms with Gasteiger partial charge in [-0.1, -0.05) is 25.5 Å². The van der Waals surface area contributed by atoms with E-state index >= 15 is 0 Å². The summed E-state index contributed by atoms with van der Waals surface area (Å²) in [4.78, 5) is 11.5. The van der Waals surface area contributed by atoms with E-state index in [1.807, 2.05) is 12.1 Å². The molecule has 1 aromatic rings. The summed E-state index contributed by atoms with van der Waals surface area (Å²) in [6.45, 7) is 2.67. The van der Waals surface area contributed by atoms with Crippen LogP contribution in [0.4, 0.5) is 0 Å². The second-order valence-corrected chi connectivity index (χ2v) is 6.52. The van der Waals surface area contributed by atoms with Crippen molar-refractivity contribution < 1.29 is 13.2 Å². The maximum atomic E-state index is 12.3. The smallest absolute Gasteiger partial charge is 0.243 e. The number of nitrogens with zero attached hydrogens (tertiary/aromatic N) is 1. The van der Waals surface area contributed by atoms with E-state index in [1.165, 1.54) is 4.31 Å². The summed E-state index contributed by atoms with van der Waals surface area (Å²) in [5.41, 5.74) is 1.12. The van der Waals surface area contributed by atoms with E-state index in [9.17, 15) is 13.2 Å². The molecule has 0 aliphatic carbocycles. The van der Waals surface area contributed by atoms with Gasteiger partial charge in [-0.25, -0.2) is 8.42 Å². The normalized spacial score (nSPS) is 17.2. The Morgan fingerprint density at radius 2 is 1.95 bits per heavy atom. The van der Waals surface area contributed by atoms with Crippen molar-refractivity contribution in [1.82, 2.24) is 9.62 Å². The summed E-state index contributed by atoms with van der Waals surface area (Å²) in [7, 11) is -3.55. The molecule has 0 aromatic heterocycles. The van der Waals surface area contributed by atoms with Crippen LogP contribution < -0.4 is 5.32 Å². The number of carbonyl (C=O) groups excluding carboxylic acids is 1. The SMILES string of the molecule is CCCc1ccc(S(=O)(=O)N2CCNC(=O)C2)cc1. The number of rotatable bonds is 4. The maximum Gasteiger partial charge on any atom is 0.243 e. The van der Waals surface area contributed by atoms with Gasteiger partial charge in [-0.15, -0.1) is 0 Å². The zero-order valence-corrected chi connectivity index (χ0v) is 11.7. The Kier molecular flexibility index (Phi) is 4.21. The molecule has 1 fully saturated rings. The first-order valence-electron chi connectivity index (χ1n) is 6.40. The van der Waals surface area contributed by atoms with Crippen LogP contribution in [0.1, 0.15) is 18.9 Å². The average molecular weight is 282 g/mol. The zero-order valence-electron chi connectivity index (χ0n) is 10.9. The highest BCUT2D eigenvalue weighted by molar-refractivity contribution is 7.89. The molecule has 19 heavy (non-hydrogen) atoms. The van der Waals surface area contributed by atoms with E-state index in [1.54, 1.807) is 12.1 Å². The van der Waals surface area contributed by atoms with Crippen molar-refractivity contribution in [2.45, 2.75) is 24.7 Å². The van der Waals surface area contributed by atoms with Crippen LogP contribution in [0.2, 0.25) is 0 Å². The summed E-state index contributed by atoms with van der Waals surface area (Å²) in [5.74, 6) is -0.252. The van der Waals surface area contributed by atoms with E-state index in [0.29, 0.717) is 13.1 Å². The minimum absolute atomic E-state index is 0.0982. The lowest BCUT2D eigenvalue weighted by molar-refractivity contribution is -0.122. The van der Waals surface area contributed by atoms with Gasteiger partial charge in [0.25, 0.3) is 0 Å². The third-order valence-electron chi connectivity index (χ3n) is 3.10. The summed E-state index contributed by atoms with van der Waals surface area (Å²) in [6, 6.07) is 6.90. The van der Waals surface area contributed by atoms with Gasteiger partial charge in [0.15, 0.2) is 0 Å². The first-order valence-corrected chi connectivity index (χ1v) is 7.84. The Morgan fingerprint density at radius 3 is 2.53 bits per heavy atom. The number of hydrogen-bond donors (Lipinski definition) is 1. The molecule has 0 unspecified atom stereocenters. The minimum atomic E-state index is -3.55. The molecule has 1 aromatic carbocycles. The van der Waals surface area contributed by atoms with Gasteiger partial charge in [-0.05, 0) is 24.1 Å². The molecule has 1 amide bonds. The maximum absolute atomic E-state index is 12.3. The van der Waals surface area contributed by atoms with Gasteiger partial charge in [-0.2, -0.15) is 4.31 Å². The molecule has 1 heterocycles. The Hall–Kier alpha value is -1.40. The molecule has 0 bridgehead atoms. The van der Waals surface area contributed by atoms with Crippen molar-refractivity contribution in [3.05, 3.63) is 29.8 Å². The number of sulfonamides is 1. The van der Waals surface area contributed by atoms with E-state index in [0.717, 1.165) is 18.4 Å². The van der Waals surface area contributed by atoms with Gasteiger partial charge in [0, 0.05) is 13.1 Å². The molecule has 1 aliphatic rings. The molecule has 1 aliphatic heterocycles. The van der Waals surface area contributed by atoms with Gasteiger partial charge in [0.1, 0.15) is 0 Å². The molecular weight excluding hydrogens is 264 g/mol. The second kappa shape index (κ2) is 5.71. The van der Waals surface area contributed by atoms with Crippen LogP contribution in [0.25, 0.3) is 0 Å². The number of aryl methyl sites for hydroxylation is 1. The molecule has 1 saturated heterocycles. The van der Waals surface area contributed by atoms with Gasteiger partial charge in [0.05, 0.1) is 11.4 Å². The van der Waals surface area contributed by atoms with Crippen molar-refractivity contribution in [3.63, 3.8) is 0 Å². The largest absolute Gasteiger partial charge is 0.354 e. The number of hydrogen-bond acceptors (Lipinski definition) is 3. The second-order valence-electron chi connectivity index (χ2n) is 4.58. The minimum Gasteiger partial charge on any atom is -0.354 e. The first kappa shape index (κ1) is 14.0. The van der Waals surface area contributed by atoms with Crippen LogP contribution >= 0.6 is 0 Å². The Bertz CT molecular complexity index is 552. The lowest BCUT2D eigenvalue weighted by Crippen LogP contribution is -2.49. The summed E-state index contributed by atoms with van der Waals surface area (Å²) in [5, 5.41) is 2.62. The quantitative estimate of drug-likeness (QED) is 0.886. The van der Waals surface area contributed by atoms with Gasteiger partial charge in [0.2, 0.25) is 15.9 Å². The molecule has 2 rings (SSSR count). The van der Waals surface area contributed by atoms with E-state index in [-0.39, 0.29) is 17.3 Å². The molecule has 0 saturated carbocycles. The lowest BCUT2D eigenvalue weighted by Gasteiger charge is -2.25. The van der Waals surface area contributed by atoms with Gasteiger partial charge in [-0.3, -0.25) is 4.79 Å². The summed E-state index contributed by atoms with van der Waals surface area (Å²) in [6.07, 6.45) is 1.96. The standard InChI is InChI=1S/C13H18N2O3S/c1-2-3-11-4-6-12(7-5-11)19(17,18)15-9-8-14-13(16)10-15/h4-7H,2-3,8-10H2,1H3,(H,14,16). The molecule has 6 heteroatoms. The fourth-order valence-corrected chi connectivity index (χ4v) is 3.48. The highest BCUT2D eigenvalue weighted by Gasteiger charge is 2.28. The molecule has 1 N–H and O–H groups in total. The van der Waals surface area contributed by atoms with Crippen LogP contribution in [0.5, 0.6) is 0 Å². The summed E-state index contributed by atoms with van der Waals surface area (Å²) >= 11 is 0. The van der Waals surface area contributed by atoms with E-state index < -0.39 is 10.0 Å². The Balaban J connectivity index is 2.21. The number of carbonyl (C=O) groups is 1. The fraction of sp³-hybridized carbons (Fsp3) is 0.462. The predicted octanol–water partition coefficient (Wildman–Crippen LogP) is 0.760. The molecule has 5 nitrogen and oxygen atoms in total. The van der Waals surface area contributed by atoms with Crippen molar-refractivity contribution >= 4 is 15.9 Å².